The second-order valence-corrected chi connectivity index (χ2v) is 8.10. The van der Waals surface area contributed by atoms with Crippen LogP contribution in [-0.2, 0) is 22.6 Å². The molecule has 2 aromatic carbocycles. The fourth-order valence-electron chi connectivity index (χ4n) is 3.22. The average molecular weight is 395 g/mol. The van der Waals surface area contributed by atoms with Gasteiger partial charge in [-0.2, -0.15) is 0 Å². The van der Waals surface area contributed by atoms with Crippen LogP contribution >= 0.6 is 0 Å². The zero-order valence-electron chi connectivity index (χ0n) is 18.2. The van der Waals surface area contributed by atoms with Crippen molar-refractivity contribution in [3.63, 3.8) is 0 Å². The summed E-state index contributed by atoms with van der Waals surface area (Å²) in [4.78, 5) is 27.9. The van der Waals surface area contributed by atoms with Crippen molar-refractivity contribution < 1.29 is 9.59 Å². The summed E-state index contributed by atoms with van der Waals surface area (Å²) in [5, 5.41) is 3.04. The van der Waals surface area contributed by atoms with Gasteiger partial charge in [0, 0.05) is 25.9 Å². The number of carbonyl (C=O) groups excluding carboxylic acids is 2. The quantitative estimate of drug-likeness (QED) is 0.645. The molecular formula is C25H34N2O2. The molecule has 0 fully saturated rings. The minimum absolute atomic E-state index is 0.0219. The summed E-state index contributed by atoms with van der Waals surface area (Å²) in [6.45, 7) is 9.21. The van der Waals surface area contributed by atoms with E-state index in [-0.39, 0.29) is 11.8 Å². The van der Waals surface area contributed by atoms with Crippen LogP contribution in [-0.4, -0.2) is 29.3 Å². The molecule has 0 saturated heterocycles. The normalized spacial score (nSPS) is 11.9. The molecule has 1 atom stereocenters. The van der Waals surface area contributed by atoms with E-state index in [1.54, 1.807) is 4.90 Å². The Kier molecular flexibility index (Phi) is 8.91. The molecule has 4 nitrogen and oxygen atoms in total. The number of amides is 2. The molecule has 0 aliphatic rings. The number of rotatable bonds is 10. The lowest BCUT2D eigenvalue weighted by Gasteiger charge is -2.32. The van der Waals surface area contributed by atoms with Crippen LogP contribution in [0.2, 0.25) is 0 Å². The van der Waals surface area contributed by atoms with E-state index < -0.39 is 6.04 Å². The fraction of sp³-hybridized carbons (Fsp3) is 0.440. The Labute approximate surface area is 175 Å². The summed E-state index contributed by atoms with van der Waals surface area (Å²) in [5.74, 6) is 0.293. The zero-order valence-corrected chi connectivity index (χ0v) is 18.2. The highest BCUT2D eigenvalue weighted by Gasteiger charge is 2.29. The molecule has 0 spiro atoms. The number of nitrogens with zero attached hydrogens (tertiary/aromatic N) is 1. The highest BCUT2D eigenvalue weighted by molar-refractivity contribution is 5.88. The Bertz CT molecular complexity index is 769. The third-order valence-corrected chi connectivity index (χ3v) is 4.89. The Hall–Kier alpha value is -2.62. The van der Waals surface area contributed by atoms with Crippen molar-refractivity contribution in [1.82, 2.24) is 10.2 Å². The van der Waals surface area contributed by atoms with Gasteiger partial charge in [-0.25, -0.2) is 0 Å². The topological polar surface area (TPSA) is 49.4 Å². The molecule has 4 heteroatoms. The fourth-order valence-corrected chi connectivity index (χ4v) is 3.22. The minimum atomic E-state index is -0.531. The number of aryl methyl sites for hydroxylation is 1. The Morgan fingerprint density at radius 3 is 2.21 bits per heavy atom. The van der Waals surface area contributed by atoms with E-state index in [2.05, 4.69) is 19.2 Å². The molecule has 1 N–H and O–H groups in total. The number of carbonyl (C=O) groups is 2. The summed E-state index contributed by atoms with van der Waals surface area (Å²) < 4.78 is 0. The average Bonchev–Trinajstić information content (AvgIpc) is 2.71. The van der Waals surface area contributed by atoms with E-state index >= 15 is 0 Å². The van der Waals surface area contributed by atoms with Gasteiger partial charge in [-0.05, 0) is 30.4 Å². The van der Waals surface area contributed by atoms with Crippen LogP contribution in [0.4, 0.5) is 0 Å². The number of hydrogen-bond acceptors (Lipinski definition) is 2. The van der Waals surface area contributed by atoms with Crippen LogP contribution in [0.25, 0.3) is 0 Å². The van der Waals surface area contributed by atoms with Gasteiger partial charge in [-0.3, -0.25) is 9.59 Å². The third-order valence-electron chi connectivity index (χ3n) is 4.89. The summed E-state index contributed by atoms with van der Waals surface area (Å²) in [6, 6.07) is 17.5. The van der Waals surface area contributed by atoms with E-state index in [1.807, 2.05) is 68.4 Å². The van der Waals surface area contributed by atoms with E-state index in [1.165, 1.54) is 5.56 Å². The Morgan fingerprint density at radius 1 is 0.966 bits per heavy atom. The number of nitrogens with one attached hydrogen (secondary N) is 1. The number of benzene rings is 2. The predicted octanol–water partition coefficient (Wildman–Crippen LogP) is 4.51. The molecule has 0 heterocycles. The van der Waals surface area contributed by atoms with E-state index in [0.29, 0.717) is 31.8 Å². The van der Waals surface area contributed by atoms with Crippen molar-refractivity contribution in [2.24, 2.45) is 5.92 Å². The van der Waals surface area contributed by atoms with Gasteiger partial charge in [-0.15, -0.1) is 0 Å². The maximum Gasteiger partial charge on any atom is 0.243 e. The van der Waals surface area contributed by atoms with Gasteiger partial charge < -0.3 is 10.2 Å². The summed E-state index contributed by atoms with van der Waals surface area (Å²) in [5.41, 5.74) is 3.26. The van der Waals surface area contributed by atoms with Gasteiger partial charge >= 0.3 is 0 Å². The molecule has 2 rings (SSSR count). The van der Waals surface area contributed by atoms with Crippen LogP contribution in [0.15, 0.2) is 54.6 Å². The van der Waals surface area contributed by atoms with Crippen LogP contribution in [0.1, 0.15) is 50.3 Å². The lowest BCUT2D eigenvalue weighted by molar-refractivity contribution is -0.141. The maximum absolute atomic E-state index is 13.1. The molecular weight excluding hydrogens is 360 g/mol. The SMILES string of the molecule is CCCC(=O)N(Cc1ccc(C)cc1)[C@H](Cc1ccccc1)C(=O)NCC(C)C. The largest absolute Gasteiger partial charge is 0.354 e. The predicted molar refractivity (Wildman–Crippen MR) is 118 cm³/mol. The van der Waals surface area contributed by atoms with Crippen molar-refractivity contribution in [2.45, 2.75) is 59.5 Å². The van der Waals surface area contributed by atoms with Crippen LogP contribution in [0.3, 0.4) is 0 Å². The van der Waals surface area contributed by atoms with E-state index in [0.717, 1.165) is 17.5 Å². The summed E-state index contributed by atoms with van der Waals surface area (Å²) >= 11 is 0. The molecule has 0 bridgehead atoms. The number of hydrogen-bond donors (Lipinski definition) is 1. The third kappa shape index (κ3) is 7.37. The van der Waals surface area contributed by atoms with Gasteiger partial charge in [0.15, 0.2) is 0 Å². The molecule has 29 heavy (non-hydrogen) atoms. The van der Waals surface area contributed by atoms with E-state index in [4.69, 9.17) is 0 Å². The molecule has 0 aromatic heterocycles. The second-order valence-electron chi connectivity index (χ2n) is 8.10. The highest BCUT2D eigenvalue weighted by atomic mass is 16.2. The lowest BCUT2D eigenvalue weighted by Crippen LogP contribution is -2.51. The van der Waals surface area contributed by atoms with E-state index in [9.17, 15) is 9.59 Å². The lowest BCUT2D eigenvalue weighted by atomic mass is 10.0. The standard InChI is InChI=1S/C25H34N2O2/c1-5-9-24(28)27(18-22-14-12-20(4)13-15-22)23(25(29)26-17-19(2)3)16-21-10-7-6-8-11-21/h6-8,10-15,19,23H,5,9,16-18H2,1-4H3,(H,26,29)/t23-/m1/s1. The smallest absolute Gasteiger partial charge is 0.243 e. The summed E-state index contributed by atoms with van der Waals surface area (Å²) in [6.07, 6.45) is 1.70. The Morgan fingerprint density at radius 2 is 1.62 bits per heavy atom. The van der Waals surface area contributed by atoms with Gasteiger partial charge in [0.05, 0.1) is 0 Å². The molecule has 2 aromatic rings. The first-order chi connectivity index (χ1) is 13.9. The van der Waals surface area contributed by atoms with Crippen molar-refractivity contribution in [1.29, 1.82) is 0 Å². The molecule has 0 radical (unpaired) electrons. The first-order valence-corrected chi connectivity index (χ1v) is 10.6. The van der Waals surface area contributed by atoms with Crippen LogP contribution in [0, 0.1) is 12.8 Å². The van der Waals surface area contributed by atoms with Gasteiger partial charge in [-0.1, -0.05) is 80.9 Å². The minimum Gasteiger partial charge on any atom is -0.354 e. The monoisotopic (exact) mass is 394 g/mol. The molecule has 0 unspecified atom stereocenters. The van der Waals surface area contributed by atoms with Crippen molar-refractivity contribution >= 4 is 11.8 Å². The van der Waals surface area contributed by atoms with Gasteiger partial charge in [0.1, 0.15) is 6.04 Å². The molecule has 2 amide bonds. The second kappa shape index (κ2) is 11.4. The van der Waals surface area contributed by atoms with Crippen LogP contribution < -0.4 is 5.32 Å². The molecule has 0 saturated carbocycles. The van der Waals surface area contributed by atoms with Gasteiger partial charge in [0.25, 0.3) is 0 Å². The first-order valence-electron chi connectivity index (χ1n) is 10.6. The van der Waals surface area contributed by atoms with Crippen molar-refractivity contribution in [3.8, 4) is 0 Å². The molecule has 0 aliphatic carbocycles. The van der Waals surface area contributed by atoms with Crippen LogP contribution in [0.5, 0.6) is 0 Å². The van der Waals surface area contributed by atoms with Crippen molar-refractivity contribution in [2.75, 3.05) is 6.54 Å². The first kappa shape index (κ1) is 22.7. The van der Waals surface area contributed by atoms with Gasteiger partial charge in [0.2, 0.25) is 11.8 Å². The maximum atomic E-state index is 13.1. The Balaban J connectivity index is 2.33. The molecule has 0 aliphatic heterocycles. The summed E-state index contributed by atoms with van der Waals surface area (Å²) in [7, 11) is 0. The molecule has 156 valence electrons. The van der Waals surface area contributed by atoms with Crippen molar-refractivity contribution in [3.05, 3.63) is 71.3 Å². The zero-order chi connectivity index (χ0) is 21.2. The highest BCUT2D eigenvalue weighted by Crippen LogP contribution is 2.17.